The number of alkyl halides is 1. The zero-order valence-electron chi connectivity index (χ0n) is 9.39. The van der Waals surface area contributed by atoms with Crippen molar-refractivity contribution < 1.29 is 4.79 Å². The number of halogens is 1. The molecule has 0 radical (unpaired) electrons. The summed E-state index contributed by atoms with van der Waals surface area (Å²) < 4.78 is 0. The molecule has 0 unspecified atom stereocenters. The van der Waals surface area contributed by atoms with Crippen molar-refractivity contribution in [3.8, 4) is 0 Å². The second-order valence-electron chi connectivity index (χ2n) is 5.36. The molecule has 2 nitrogen and oxygen atoms in total. The number of carbonyl (C=O) groups is 1. The van der Waals surface area contributed by atoms with Crippen molar-refractivity contribution in [3.05, 3.63) is 0 Å². The summed E-state index contributed by atoms with van der Waals surface area (Å²) in [5, 5.41) is 4.19. The summed E-state index contributed by atoms with van der Waals surface area (Å²) in [5.74, 6) is 1.46. The third-order valence-corrected chi connectivity index (χ3v) is 4.90. The lowest BCUT2D eigenvalue weighted by Gasteiger charge is -2.39. The number of hydrogen-bond donors (Lipinski definition) is 1. The average Bonchev–Trinajstić information content (AvgIpc) is 3.05. The van der Waals surface area contributed by atoms with Crippen LogP contribution in [0, 0.1) is 11.8 Å². The van der Waals surface area contributed by atoms with E-state index in [2.05, 4.69) is 28.2 Å². The second-order valence-corrected chi connectivity index (χ2v) is 5.92. The smallest absolute Gasteiger partial charge is 0.223 e. The summed E-state index contributed by atoms with van der Waals surface area (Å²) in [6.45, 7) is 2.31. The fraction of sp³-hybridized carbons (Fsp3) is 0.917. The summed E-state index contributed by atoms with van der Waals surface area (Å²) in [6.07, 6.45) is 6.96. The minimum Gasteiger partial charge on any atom is -0.350 e. The van der Waals surface area contributed by atoms with Gasteiger partial charge in [-0.1, -0.05) is 22.9 Å². The Kier molecular flexibility index (Phi) is 3.39. The molecule has 0 spiro atoms. The van der Waals surface area contributed by atoms with Crippen molar-refractivity contribution in [1.82, 2.24) is 5.32 Å². The molecule has 0 aromatic rings. The van der Waals surface area contributed by atoms with E-state index in [9.17, 15) is 4.79 Å². The lowest BCUT2D eigenvalue weighted by Crippen LogP contribution is -2.52. The largest absolute Gasteiger partial charge is 0.350 e. The Morgan fingerprint density at radius 2 is 1.93 bits per heavy atom. The van der Waals surface area contributed by atoms with Crippen molar-refractivity contribution in [2.24, 2.45) is 11.8 Å². The van der Waals surface area contributed by atoms with Crippen LogP contribution >= 0.6 is 15.9 Å². The Morgan fingerprint density at radius 1 is 1.33 bits per heavy atom. The molecule has 0 saturated heterocycles. The Balaban J connectivity index is 1.92. The lowest BCUT2D eigenvalue weighted by molar-refractivity contribution is -0.124. The van der Waals surface area contributed by atoms with Crippen molar-refractivity contribution in [1.29, 1.82) is 0 Å². The maximum absolute atomic E-state index is 11.8. The van der Waals surface area contributed by atoms with Crippen LogP contribution in [0.3, 0.4) is 0 Å². The van der Waals surface area contributed by atoms with Crippen LogP contribution in [-0.4, -0.2) is 16.8 Å². The topological polar surface area (TPSA) is 29.1 Å². The molecule has 2 saturated carbocycles. The molecule has 15 heavy (non-hydrogen) atoms. The normalized spacial score (nSPS) is 36.3. The lowest BCUT2D eigenvalue weighted by atomic mass is 9.78. The third kappa shape index (κ3) is 2.74. The molecule has 3 heteroatoms. The highest BCUT2D eigenvalue weighted by Gasteiger charge is 2.38. The molecule has 2 aliphatic carbocycles. The van der Waals surface area contributed by atoms with E-state index in [4.69, 9.17) is 0 Å². The fourth-order valence-corrected chi connectivity index (χ4v) is 3.02. The summed E-state index contributed by atoms with van der Waals surface area (Å²) in [5.41, 5.74) is 0.0617. The molecule has 0 bridgehead atoms. The summed E-state index contributed by atoms with van der Waals surface area (Å²) in [4.78, 5) is 11.8. The maximum Gasteiger partial charge on any atom is 0.223 e. The first-order valence-electron chi connectivity index (χ1n) is 6.03. The van der Waals surface area contributed by atoms with E-state index in [1.54, 1.807) is 0 Å². The first-order valence-corrected chi connectivity index (χ1v) is 7.15. The molecule has 1 N–H and O–H groups in total. The van der Waals surface area contributed by atoms with Crippen molar-refractivity contribution in [2.45, 2.75) is 51.0 Å². The molecule has 0 heterocycles. The molecular formula is C12H20BrNO. The number of amides is 1. The quantitative estimate of drug-likeness (QED) is 0.788. The van der Waals surface area contributed by atoms with E-state index >= 15 is 0 Å². The van der Waals surface area contributed by atoms with Crippen LogP contribution in [0.2, 0.25) is 0 Å². The van der Waals surface area contributed by atoms with Crippen LogP contribution < -0.4 is 5.32 Å². The van der Waals surface area contributed by atoms with Gasteiger partial charge in [0.25, 0.3) is 0 Å². The molecule has 1 amide bonds. The van der Waals surface area contributed by atoms with E-state index < -0.39 is 0 Å². The van der Waals surface area contributed by atoms with Crippen molar-refractivity contribution in [2.75, 3.05) is 5.33 Å². The molecule has 0 atom stereocenters. The highest BCUT2D eigenvalue weighted by atomic mass is 79.9. The zero-order valence-corrected chi connectivity index (χ0v) is 11.0. The standard InChI is InChI=1S/C12H20BrNO/c1-9-4-6-12(8-13,7-5-9)14-11(15)10-2-3-10/h9-10H,2-8H2,1H3,(H,14,15). The van der Waals surface area contributed by atoms with Gasteiger partial charge in [0, 0.05) is 16.8 Å². The van der Waals surface area contributed by atoms with E-state index in [1.165, 1.54) is 12.8 Å². The van der Waals surface area contributed by atoms with E-state index in [0.717, 1.165) is 36.9 Å². The average molecular weight is 274 g/mol. The highest BCUT2D eigenvalue weighted by Crippen LogP contribution is 2.35. The number of hydrogen-bond acceptors (Lipinski definition) is 1. The number of carbonyl (C=O) groups excluding carboxylic acids is 1. The summed E-state index contributed by atoms with van der Waals surface area (Å²) >= 11 is 3.57. The fourth-order valence-electron chi connectivity index (χ4n) is 2.32. The zero-order chi connectivity index (χ0) is 10.9. The van der Waals surface area contributed by atoms with E-state index in [0.29, 0.717) is 11.8 Å². The Labute approximate surface area is 100 Å². The van der Waals surface area contributed by atoms with Gasteiger partial charge in [0.05, 0.1) is 0 Å². The van der Waals surface area contributed by atoms with Crippen LogP contribution in [-0.2, 0) is 4.79 Å². The molecule has 2 fully saturated rings. The van der Waals surface area contributed by atoms with Crippen molar-refractivity contribution >= 4 is 21.8 Å². The SMILES string of the molecule is CC1CCC(CBr)(NC(=O)C2CC2)CC1. The predicted octanol–water partition coefficient (Wildman–Crippen LogP) is 2.86. The third-order valence-electron chi connectivity index (χ3n) is 3.82. The summed E-state index contributed by atoms with van der Waals surface area (Å²) in [7, 11) is 0. The van der Waals surface area contributed by atoms with Gasteiger partial charge < -0.3 is 5.32 Å². The highest BCUT2D eigenvalue weighted by molar-refractivity contribution is 9.09. The van der Waals surface area contributed by atoms with Gasteiger partial charge in [-0.2, -0.15) is 0 Å². The molecule has 86 valence electrons. The van der Waals surface area contributed by atoms with Gasteiger partial charge >= 0.3 is 0 Å². The van der Waals surface area contributed by atoms with Gasteiger partial charge in [0.2, 0.25) is 5.91 Å². The monoisotopic (exact) mass is 273 g/mol. The van der Waals surface area contributed by atoms with Crippen LogP contribution in [0.1, 0.15) is 45.4 Å². The predicted molar refractivity (Wildman–Crippen MR) is 65.0 cm³/mol. The van der Waals surface area contributed by atoms with Crippen LogP contribution in [0.15, 0.2) is 0 Å². The Hall–Kier alpha value is -0.0500. The van der Waals surface area contributed by atoms with Gasteiger partial charge in [-0.05, 0) is 44.4 Å². The molecule has 0 aliphatic heterocycles. The van der Waals surface area contributed by atoms with E-state index in [1.807, 2.05) is 0 Å². The van der Waals surface area contributed by atoms with Crippen LogP contribution in [0.5, 0.6) is 0 Å². The minimum atomic E-state index is 0.0617. The Morgan fingerprint density at radius 3 is 2.40 bits per heavy atom. The molecular weight excluding hydrogens is 254 g/mol. The molecule has 0 aromatic heterocycles. The second kappa shape index (κ2) is 4.44. The Bertz CT molecular complexity index is 242. The van der Waals surface area contributed by atoms with Crippen LogP contribution in [0.25, 0.3) is 0 Å². The first-order chi connectivity index (χ1) is 7.15. The maximum atomic E-state index is 11.8. The first kappa shape index (κ1) is 11.4. The van der Waals surface area contributed by atoms with Crippen LogP contribution in [0.4, 0.5) is 0 Å². The van der Waals surface area contributed by atoms with Gasteiger partial charge in [0.1, 0.15) is 0 Å². The minimum absolute atomic E-state index is 0.0617. The van der Waals surface area contributed by atoms with Gasteiger partial charge in [-0.3, -0.25) is 4.79 Å². The van der Waals surface area contributed by atoms with Gasteiger partial charge in [-0.25, -0.2) is 0 Å². The molecule has 2 rings (SSSR count). The van der Waals surface area contributed by atoms with Gasteiger partial charge in [0.15, 0.2) is 0 Å². The van der Waals surface area contributed by atoms with E-state index in [-0.39, 0.29) is 5.54 Å². The summed E-state index contributed by atoms with van der Waals surface area (Å²) in [6, 6.07) is 0. The molecule has 2 aliphatic rings. The van der Waals surface area contributed by atoms with Crippen molar-refractivity contribution in [3.63, 3.8) is 0 Å². The number of nitrogens with one attached hydrogen (secondary N) is 1. The van der Waals surface area contributed by atoms with Gasteiger partial charge in [-0.15, -0.1) is 0 Å². The molecule has 0 aromatic carbocycles. The number of rotatable bonds is 3.